The Morgan fingerprint density at radius 1 is 1.46 bits per heavy atom. The zero-order valence-corrected chi connectivity index (χ0v) is 9.07. The Kier molecular flexibility index (Phi) is 3.88. The molecule has 13 heavy (non-hydrogen) atoms. The van der Waals surface area contributed by atoms with Crippen molar-refractivity contribution in [2.24, 2.45) is 0 Å². The molecule has 0 heterocycles. The molecular formula is C10H12BrFO. The van der Waals surface area contributed by atoms with Gasteiger partial charge in [0.15, 0.2) is 0 Å². The van der Waals surface area contributed by atoms with Gasteiger partial charge in [-0.1, -0.05) is 6.07 Å². The summed E-state index contributed by atoms with van der Waals surface area (Å²) in [6.45, 7) is 2.03. The van der Waals surface area contributed by atoms with E-state index in [1.807, 2.05) is 13.0 Å². The molecule has 0 fully saturated rings. The highest BCUT2D eigenvalue weighted by molar-refractivity contribution is 9.10. The summed E-state index contributed by atoms with van der Waals surface area (Å²) in [6.07, 6.45) is 1.19. The fourth-order valence-corrected chi connectivity index (χ4v) is 1.86. The minimum Gasteiger partial charge on any atom is -0.396 e. The minimum atomic E-state index is -0.209. The number of benzene rings is 1. The van der Waals surface area contributed by atoms with Crippen LogP contribution in [0.5, 0.6) is 0 Å². The summed E-state index contributed by atoms with van der Waals surface area (Å²) in [5.41, 5.74) is 1.70. The normalized spacial score (nSPS) is 10.5. The molecule has 0 aliphatic carbocycles. The van der Waals surface area contributed by atoms with E-state index in [9.17, 15) is 4.39 Å². The van der Waals surface area contributed by atoms with Crippen molar-refractivity contribution in [3.05, 3.63) is 33.5 Å². The summed E-state index contributed by atoms with van der Waals surface area (Å²) in [5, 5.41) is 8.62. The maximum Gasteiger partial charge on any atom is 0.140 e. The number of rotatable bonds is 3. The van der Waals surface area contributed by atoms with Crippen LogP contribution in [0.3, 0.4) is 0 Å². The number of aliphatic hydroxyl groups excluding tert-OH is 1. The number of aliphatic hydroxyl groups is 1. The largest absolute Gasteiger partial charge is 0.396 e. The molecule has 0 atom stereocenters. The van der Waals surface area contributed by atoms with Crippen LogP contribution in [0.15, 0.2) is 16.6 Å². The van der Waals surface area contributed by atoms with Crippen molar-refractivity contribution >= 4 is 15.9 Å². The highest BCUT2D eigenvalue weighted by Crippen LogP contribution is 2.21. The second-order valence-corrected chi connectivity index (χ2v) is 3.90. The highest BCUT2D eigenvalue weighted by Gasteiger charge is 2.06. The van der Waals surface area contributed by atoms with Crippen LogP contribution in [0, 0.1) is 12.7 Å². The standard InChI is InChI=1S/C10H12BrFO/c1-7-5-8(3-2-4-13)10(12)9(11)6-7/h5-6,13H,2-4H2,1H3. The summed E-state index contributed by atoms with van der Waals surface area (Å²) in [5.74, 6) is -0.209. The van der Waals surface area contributed by atoms with Gasteiger partial charge < -0.3 is 5.11 Å². The maximum absolute atomic E-state index is 13.4. The molecule has 1 rings (SSSR count). The molecule has 0 saturated carbocycles. The lowest BCUT2D eigenvalue weighted by molar-refractivity contribution is 0.288. The van der Waals surface area contributed by atoms with Crippen molar-refractivity contribution in [1.29, 1.82) is 0 Å². The van der Waals surface area contributed by atoms with Crippen LogP contribution >= 0.6 is 15.9 Å². The molecule has 0 unspecified atom stereocenters. The summed E-state index contributed by atoms with van der Waals surface area (Å²) in [7, 11) is 0. The van der Waals surface area contributed by atoms with Crippen LogP contribution in [0.1, 0.15) is 17.5 Å². The molecule has 0 bridgehead atoms. The van der Waals surface area contributed by atoms with Crippen LogP contribution in [0.25, 0.3) is 0 Å². The molecule has 1 aromatic rings. The Hall–Kier alpha value is -0.410. The van der Waals surface area contributed by atoms with Crippen molar-refractivity contribution in [2.75, 3.05) is 6.61 Å². The van der Waals surface area contributed by atoms with Gasteiger partial charge in [0.1, 0.15) is 5.82 Å². The lowest BCUT2D eigenvalue weighted by atomic mass is 10.1. The van der Waals surface area contributed by atoms with Crippen LogP contribution in [0.4, 0.5) is 4.39 Å². The van der Waals surface area contributed by atoms with Gasteiger partial charge in [0.2, 0.25) is 0 Å². The first-order valence-corrected chi connectivity index (χ1v) is 5.00. The SMILES string of the molecule is Cc1cc(Br)c(F)c(CCCO)c1. The van der Waals surface area contributed by atoms with Crippen LogP contribution < -0.4 is 0 Å². The highest BCUT2D eigenvalue weighted by atomic mass is 79.9. The van der Waals surface area contributed by atoms with Gasteiger partial charge in [0.25, 0.3) is 0 Å². The summed E-state index contributed by atoms with van der Waals surface area (Å²) in [6, 6.07) is 3.56. The molecule has 0 radical (unpaired) electrons. The predicted molar refractivity (Wildman–Crippen MR) is 54.2 cm³/mol. The predicted octanol–water partition coefficient (Wildman–Crippen LogP) is 2.82. The van der Waals surface area contributed by atoms with Crippen LogP contribution in [-0.4, -0.2) is 11.7 Å². The second-order valence-electron chi connectivity index (χ2n) is 3.05. The second kappa shape index (κ2) is 4.72. The van der Waals surface area contributed by atoms with Crippen molar-refractivity contribution in [3.63, 3.8) is 0 Å². The zero-order valence-electron chi connectivity index (χ0n) is 7.48. The van der Waals surface area contributed by atoms with E-state index in [-0.39, 0.29) is 12.4 Å². The van der Waals surface area contributed by atoms with E-state index in [0.717, 1.165) is 5.56 Å². The third-order valence-electron chi connectivity index (χ3n) is 1.85. The van der Waals surface area contributed by atoms with Crippen LogP contribution in [-0.2, 0) is 6.42 Å². The Morgan fingerprint density at radius 2 is 2.15 bits per heavy atom. The molecular weight excluding hydrogens is 235 g/mol. The quantitative estimate of drug-likeness (QED) is 0.870. The monoisotopic (exact) mass is 246 g/mol. The average molecular weight is 247 g/mol. The van der Waals surface area contributed by atoms with Gasteiger partial charge in [0, 0.05) is 6.61 Å². The molecule has 0 amide bonds. The van der Waals surface area contributed by atoms with Gasteiger partial charge in [-0.15, -0.1) is 0 Å². The van der Waals surface area contributed by atoms with Gasteiger partial charge >= 0.3 is 0 Å². The first-order valence-electron chi connectivity index (χ1n) is 4.20. The van der Waals surface area contributed by atoms with E-state index in [4.69, 9.17) is 5.11 Å². The number of aryl methyl sites for hydroxylation is 2. The summed E-state index contributed by atoms with van der Waals surface area (Å²) >= 11 is 3.15. The molecule has 0 aliphatic heterocycles. The Balaban J connectivity index is 2.92. The maximum atomic E-state index is 13.4. The van der Waals surface area contributed by atoms with E-state index in [2.05, 4.69) is 15.9 Å². The Labute approximate surface area is 85.7 Å². The molecule has 3 heteroatoms. The van der Waals surface area contributed by atoms with Gasteiger partial charge in [-0.2, -0.15) is 0 Å². The molecule has 0 aromatic heterocycles. The Bertz CT molecular complexity index is 299. The van der Waals surface area contributed by atoms with Crippen molar-refractivity contribution < 1.29 is 9.50 Å². The average Bonchev–Trinajstić information content (AvgIpc) is 2.09. The first kappa shape index (κ1) is 10.7. The lowest BCUT2D eigenvalue weighted by Gasteiger charge is -2.05. The minimum absolute atomic E-state index is 0.102. The molecule has 1 aromatic carbocycles. The molecule has 1 nitrogen and oxygen atoms in total. The number of halogens is 2. The van der Waals surface area contributed by atoms with E-state index in [1.165, 1.54) is 0 Å². The molecule has 0 saturated heterocycles. The number of hydrogen-bond donors (Lipinski definition) is 1. The lowest BCUT2D eigenvalue weighted by Crippen LogP contribution is -1.95. The smallest absolute Gasteiger partial charge is 0.140 e. The van der Waals surface area contributed by atoms with Gasteiger partial charge in [-0.25, -0.2) is 4.39 Å². The van der Waals surface area contributed by atoms with Crippen molar-refractivity contribution in [3.8, 4) is 0 Å². The van der Waals surface area contributed by atoms with E-state index in [1.54, 1.807) is 6.07 Å². The molecule has 0 spiro atoms. The van der Waals surface area contributed by atoms with Crippen molar-refractivity contribution in [2.45, 2.75) is 19.8 Å². The van der Waals surface area contributed by atoms with E-state index < -0.39 is 0 Å². The topological polar surface area (TPSA) is 20.2 Å². The third-order valence-corrected chi connectivity index (χ3v) is 2.43. The molecule has 72 valence electrons. The fourth-order valence-electron chi connectivity index (χ4n) is 1.25. The van der Waals surface area contributed by atoms with E-state index in [0.29, 0.717) is 22.9 Å². The van der Waals surface area contributed by atoms with Crippen molar-refractivity contribution in [1.82, 2.24) is 0 Å². The zero-order chi connectivity index (χ0) is 9.84. The Morgan fingerprint density at radius 3 is 2.77 bits per heavy atom. The van der Waals surface area contributed by atoms with Gasteiger partial charge in [0.05, 0.1) is 4.47 Å². The molecule has 0 aliphatic rings. The first-order chi connectivity index (χ1) is 6.15. The third kappa shape index (κ3) is 2.78. The molecule has 1 N–H and O–H groups in total. The van der Waals surface area contributed by atoms with Gasteiger partial charge in [-0.05, 0) is 52.9 Å². The fraction of sp³-hybridized carbons (Fsp3) is 0.400. The number of hydrogen-bond acceptors (Lipinski definition) is 1. The summed E-state index contributed by atoms with van der Waals surface area (Å²) < 4.78 is 13.9. The van der Waals surface area contributed by atoms with E-state index >= 15 is 0 Å². The van der Waals surface area contributed by atoms with Crippen LogP contribution in [0.2, 0.25) is 0 Å². The van der Waals surface area contributed by atoms with Gasteiger partial charge in [-0.3, -0.25) is 0 Å². The summed E-state index contributed by atoms with van der Waals surface area (Å²) in [4.78, 5) is 0.